The van der Waals surface area contributed by atoms with Crippen molar-refractivity contribution >= 4 is 22.8 Å². The van der Waals surface area contributed by atoms with Gasteiger partial charge >= 0.3 is 5.97 Å². The Morgan fingerprint density at radius 1 is 0.635 bits per heavy atom. The molecule has 11 heteroatoms. The van der Waals surface area contributed by atoms with Crippen molar-refractivity contribution in [3.05, 3.63) is 107 Å². The van der Waals surface area contributed by atoms with Crippen LogP contribution in [0, 0.1) is 0 Å². The van der Waals surface area contributed by atoms with Gasteiger partial charge in [0.1, 0.15) is 36.0 Å². The van der Waals surface area contributed by atoms with E-state index in [4.69, 9.17) is 47.4 Å². The topological polar surface area (TPSA) is 109 Å². The molecule has 0 N–H and O–H groups in total. The Labute approximate surface area is 305 Å². The van der Waals surface area contributed by atoms with E-state index in [1.807, 2.05) is 72.8 Å². The molecule has 52 heavy (non-hydrogen) atoms. The number of carbonyl (C=O) groups excluding carboxylic acids is 1. The van der Waals surface area contributed by atoms with E-state index in [-0.39, 0.29) is 13.2 Å². The van der Waals surface area contributed by atoms with Crippen molar-refractivity contribution in [2.75, 3.05) is 101 Å². The van der Waals surface area contributed by atoms with Gasteiger partial charge in [-0.25, -0.2) is 4.79 Å². The number of hydrogen-bond acceptors (Lipinski definition) is 11. The number of benzene rings is 4. The Balaban J connectivity index is 1.28. The second kappa shape index (κ2) is 20.5. The van der Waals surface area contributed by atoms with Gasteiger partial charge < -0.3 is 47.4 Å². The second-order valence-corrected chi connectivity index (χ2v) is 11.7. The summed E-state index contributed by atoms with van der Waals surface area (Å²) in [5.74, 6) is 1.32. The first-order chi connectivity index (χ1) is 25.6. The van der Waals surface area contributed by atoms with Gasteiger partial charge in [0.2, 0.25) is 0 Å². The molecular formula is C41H48O11. The van der Waals surface area contributed by atoms with Gasteiger partial charge in [0.05, 0.1) is 73.2 Å². The summed E-state index contributed by atoms with van der Waals surface area (Å²) in [6.45, 7) is 5.18. The molecule has 5 rings (SSSR count). The summed E-state index contributed by atoms with van der Waals surface area (Å²) in [5.41, 5.74) is 2.16. The molecule has 11 nitrogen and oxygen atoms in total. The van der Waals surface area contributed by atoms with E-state index in [9.17, 15) is 4.79 Å². The lowest BCUT2D eigenvalue weighted by atomic mass is 9.83. The molecule has 1 atom stereocenters. The summed E-state index contributed by atoms with van der Waals surface area (Å²) >= 11 is 0. The predicted molar refractivity (Wildman–Crippen MR) is 197 cm³/mol. The van der Waals surface area contributed by atoms with Crippen LogP contribution in [0.4, 0.5) is 0 Å². The van der Waals surface area contributed by atoms with Crippen molar-refractivity contribution in [1.82, 2.24) is 0 Å². The fourth-order valence-electron chi connectivity index (χ4n) is 5.73. The first-order valence-electron chi connectivity index (χ1n) is 17.4. The van der Waals surface area contributed by atoms with Gasteiger partial charge in [0.25, 0.3) is 0 Å². The largest absolute Gasteiger partial charge is 0.496 e. The maximum absolute atomic E-state index is 13.2. The molecular weight excluding hydrogens is 668 g/mol. The van der Waals surface area contributed by atoms with E-state index >= 15 is 0 Å². The van der Waals surface area contributed by atoms with Crippen molar-refractivity contribution in [3.63, 3.8) is 0 Å². The molecule has 0 saturated carbocycles. The zero-order chi connectivity index (χ0) is 36.4. The smallest absolute Gasteiger partial charge is 0.342 e. The Morgan fingerprint density at radius 3 is 1.87 bits per heavy atom. The summed E-state index contributed by atoms with van der Waals surface area (Å²) in [4.78, 5) is 13.2. The number of rotatable bonds is 23. The number of hydrogen-bond donors (Lipinski definition) is 0. The monoisotopic (exact) mass is 716 g/mol. The van der Waals surface area contributed by atoms with E-state index in [2.05, 4.69) is 12.2 Å². The van der Waals surface area contributed by atoms with E-state index in [0.29, 0.717) is 83.1 Å². The highest BCUT2D eigenvalue weighted by Gasteiger charge is 2.37. The van der Waals surface area contributed by atoms with Gasteiger partial charge in [-0.05, 0) is 53.3 Å². The molecule has 0 aromatic heterocycles. The number of esters is 1. The van der Waals surface area contributed by atoms with Crippen LogP contribution in [0.5, 0.6) is 17.2 Å². The van der Waals surface area contributed by atoms with E-state index in [0.717, 1.165) is 33.2 Å². The normalized spacial score (nSPS) is 14.9. The fraction of sp³-hybridized carbons (Fsp3) is 0.390. The number of carbonyl (C=O) groups is 1. The molecule has 0 aliphatic carbocycles. The third-order valence-corrected chi connectivity index (χ3v) is 8.37. The molecule has 0 radical (unpaired) electrons. The zero-order valence-corrected chi connectivity index (χ0v) is 30.1. The van der Waals surface area contributed by atoms with E-state index in [1.54, 1.807) is 20.3 Å². The molecule has 0 fully saturated rings. The van der Waals surface area contributed by atoms with Gasteiger partial charge in [-0.15, -0.1) is 0 Å². The van der Waals surface area contributed by atoms with Crippen LogP contribution in [0.25, 0.3) is 16.8 Å². The third-order valence-electron chi connectivity index (χ3n) is 8.37. The molecule has 0 spiro atoms. The van der Waals surface area contributed by atoms with Crippen molar-refractivity contribution in [1.29, 1.82) is 0 Å². The van der Waals surface area contributed by atoms with Crippen molar-refractivity contribution in [3.8, 4) is 17.2 Å². The molecule has 0 saturated heterocycles. The quantitative estimate of drug-likeness (QED) is 0.0657. The highest BCUT2D eigenvalue weighted by atomic mass is 16.6. The standard InChI is InChI=1S/C41H48O11/c1-43-17-19-46-21-23-48-25-27-50-34-12-10-33(11-13-34)41(32-7-5-4-6-8-32)16-15-35-36-30-37(39(45-3)29-31(36)9-14-38(35)52-41)40(42)51-28-26-49-24-22-47-20-18-44-2/h4-16,29-30H,17-28H2,1-3H3. The van der Waals surface area contributed by atoms with Crippen LogP contribution in [-0.4, -0.2) is 107 Å². The summed E-state index contributed by atoms with van der Waals surface area (Å²) in [6, 6.07) is 25.5. The molecule has 1 unspecified atom stereocenters. The molecule has 278 valence electrons. The molecule has 1 aliphatic heterocycles. The number of fused-ring (bicyclic) bond motifs is 3. The first-order valence-corrected chi connectivity index (χ1v) is 17.4. The number of ether oxygens (including phenoxy) is 10. The minimum atomic E-state index is -0.907. The lowest BCUT2D eigenvalue weighted by Crippen LogP contribution is -2.34. The van der Waals surface area contributed by atoms with Crippen LogP contribution in [0.2, 0.25) is 0 Å². The van der Waals surface area contributed by atoms with Crippen LogP contribution >= 0.6 is 0 Å². The van der Waals surface area contributed by atoms with E-state index in [1.165, 1.54) is 7.11 Å². The number of methoxy groups -OCH3 is 3. The van der Waals surface area contributed by atoms with Crippen LogP contribution in [0.1, 0.15) is 27.0 Å². The molecule has 0 bridgehead atoms. The van der Waals surface area contributed by atoms with Crippen molar-refractivity contribution in [2.24, 2.45) is 0 Å². The molecule has 1 heterocycles. The zero-order valence-electron chi connectivity index (χ0n) is 30.1. The maximum Gasteiger partial charge on any atom is 0.342 e. The summed E-state index contributed by atoms with van der Waals surface area (Å²) in [5, 5.41) is 1.73. The van der Waals surface area contributed by atoms with Crippen LogP contribution < -0.4 is 14.2 Å². The Kier molecular flexibility index (Phi) is 15.3. The maximum atomic E-state index is 13.2. The van der Waals surface area contributed by atoms with Gasteiger partial charge in [0.15, 0.2) is 5.60 Å². The van der Waals surface area contributed by atoms with Gasteiger partial charge in [-0.1, -0.05) is 48.5 Å². The fourth-order valence-corrected chi connectivity index (χ4v) is 5.73. The third kappa shape index (κ3) is 10.3. The molecule has 4 aromatic carbocycles. The Hall–Kier alpha value is -4.49. The first kappa shape index (κ1) is 38.7. The lowest BCUT2D eigenvalue weighted by molar-refractivity contribution is 0.00561. The average molecular weight is 717 g/mol. The summed E-state index contributed by atoms with van der Waals surface area (Å²) < 4.78 is 55.9. The van der Waals surface area contributed by atoms with Gasteiger partial charge in [-0.3, -0.25) is 0 Å². The average Bonchev–Trinajstić information content (AvgIpc) is 3.19. The highest BCUT2D eigenvalue weighted by Crippen LogP contribution is 2.45. The second-order valence-electron chi connectivity index (χ2n) is 11.7. The Bertz CT molecular complexity index is 1710. The van der Waals surface area contributed by atoms with E-state index < -0.39 is 11.6 Å². The van der Waals surface area contributed by atoms with Crippen LogP contribution in [0.3, 0.4) is 0 Å². The molecule has 1 aliphatic rings. The summed E-state index contributed by atoms with van der Waals surface area (Å²) in [6.07, 6.45) is 4.11. The van der Waals surface area contributed by atoms with Gasteiger partial charge in [0, 0.05) is 30.9 Å². The van der Waals surface area contributed by atoms with Crippen LogP contribution in [0.15, 0.2) is 84.9 Å². The van der Waals surface area contributed by atoms with Crippen molar-refractivity contribution in [2.45, 2.75) is 5.60 Å². The SMILES string of the molecule is COCCOCCOCCOC(=O)c1cc2c3c(ccc2cc1OC)OC(c1ccccc1)(c1ccc(OCCOCCOCCOC)cc1)C=C3. The van der Waals surface area contributed by atoms with Crippen molar-refractivity contribution < 1.29 is 52.2 Å². The highest BCUT2D eigenvalue weighted by molar-refractivity contribution is 6.02. The molecule has 0 amide bonds. The minimum absolute atomic E-state index is 0.0936. The lowest BCUT2D eigenvalue weighted by Gasteiger charge is -2.36. The van der Waals surface area contributed by atoms with Crippen LogP contribution in [-0.2, 0) is 38.8 Å². The summed E-state index contributed by atoms with van der Waals surface area (Å²) in [7, 11) is 4.80. The molecule has 4 aromatic rings. The van der Waals surface area contributed by atoms with Gasteiger partial charge in [-0.2, -0.15) is 0 Å². The predicted octanol–water partition coefficient (Wildman–Crippen LogP) is 6.09. The Morgan fingerprint density at radius 2 is 1.23 bits per heavy atom. The minimum Gasteiger partial charge on any atom is -0.496 e.